The summed E-state index contributed by atoms with van der Waals surface area (Å²) in [5, 5.41) is 31.0. The highest BCUT2D eigenvalue weighted by molar-refractivity contribution is 5.69. The number of carbonyl (C=O) groups excluding carboxylic acids is 1. The quantitative estimate of drug-likeness (QED) is 0.123. The first kappa shape index (κ1) is 27.9. The molecule has 1 rings (SSSR count). The summed E-state index contributed by atoms with van der Waals surface area (Å²) in [4.78, 5) is 11.5. The lowest BCUT2D eigenvalue weighted by atomic mass is 9.89. The Morgan fingerprint density at radius 2 is 2.03 bits per heavy atom. The second-order valence-electron chi connectivity index (χ2n) is 8.31. The molecule has 0 aromatic carbocycles. The molecule has 178 valence electrons. The summed E-state index contributed by atoms with van der Waals surface area (Å²) in [6.07, 6.45) is 21.5. The molecule has 0 aliphatic heterocycles. The molecule has 5 nitrogen and oxygen atoms in total. The van der Waals surface area contributed by atoms with Crippen LogP contribution in [0.15, 0.2) is 48.1 Å². The highest BCUT2D eigenvalue weighted by Gasteiger charge is 2.39. The standard InChI is InChI=1S/C27H40O5/c1-4-11-21(12-5-2)15-16-22(28)17-18-24-23(25(29)20-26(24)30)13-9-7-8-10-14-27(31)32-19-6-3/h1,5,7,9,11-12,17-18,22-26,28-30H,6,8,10,13-16,19-20H2,2-3H3/b9-7-,12-5-,18-17+,21-11+/t22-,23+,24+,25-,26+/m0/s1. The van der Waals surface area contributed by atoms with E-state index >= 15 is 0 Å². The molecule has 0 unspecified atom stereocenters. The lowest BCUT2D eigenvalue weighted by molar-refractivity contribution is -0.143. The molecule has 32 heavy (non-hydrogen) atoms. The third kappa shape index (κ3) is 10.9. The Morgan fingerprint density at radius 1 is 1.25 bits per heavy atom. The Kier molecular flexibility index (Phi) is 14.4. The molecule has 0 aromatic rings. The van der Waals surface area contributed by atoms with E-state index in [1.807, 2.05) is 44.2 Å². The zero-order chi connectivity index (χ0) is 23.8. The molecule has 0 radical (unpaired) electrons. The van der Waals surface area contributed by atoms with Crippen molar-refractivity contribution in [3.05, 3.63) is 48.1 Å². The second-order valence-corrected chi connectivity index (χ2v) is 8.31. The minimum atomic E-state index is -0.643. The number of terminal acetylenes is 1. The molecule has 0 spiro atoms. The van der Waals surface area contributed by atoms with Crippen LogP contribution < -0.4 is 0 Å². The molecule has 5 heteroatoms. The number of allylic oxidation sites excluding steroid dienone is 6. The molecule has 0 aromatic heterocycles. The maximum atomic E-state index is 11.5. The zero-order valence-electron chi connectivity index (χ0n) is 19.5. The summed E-state index contributed by atoms with van der Waals surface area (Å²) in [5.41, 5.74) is 0.986. The molecule has 1 fully saturated rings. The fourth-order valence-electron chi connectivity index (χ4n) is 3.92. The lowest BCUT2D eigenvalue weighted by Crippen LogP contribution is -2.20. The lowest BCUT2D eigenvalue weighted by Gasteiger charge is -2.19. The predicted octanol–water partition coefficient (Wildman–Crippen LogP) is 4.25. The summed E-state index contributed by atoms with van der Waals surface area (Å²) in [7, 11) is 0. The van der Waals surface area contributed by atoms with Gasteiger partial charge in [0.1, 0.15) is 0 Å². The molecular weight excluding hydrogens is 404 g/mol. The summed E-state index contributed by atoms with van der Waals surface area (Å²) >= 11 is 0. The van der Waals surface area contributed by atoms with Gasteiger partial charge in [-0.2, -0.15) is 0 Å². The van der Waals surface area contributed by atoms with Gasteiger partial charge >= 0.3 is 5.97 Å². The first-order chi connectivity index (χ1) is 15.4. The Bertz CT molecular complexity index is 697. The van der Waals surface area contributed by atoms with E-state index in [1.165, 1.54) is 0 Å². The molecule has 3 N–H and O–H groups in total. The van der Waals surface area contributed by atoms with E-state index < -0.39 is 18.3 Å². The first-order valence-corrected chi connectivity index (χ1v) is 11.7. The van der Waals surface area contributed by atoms with Crippen LogP contribution in [0.3, 0.4) is 0 Å². The number of rotatable bonds is 14. The fourth-order valence-corrected chi connectivity index (χ4v) is 3.92. The van der Waals surface area contributed by atoms with Gasteiger partial charge in [0.25, 0.3) is 0 Å². The molecule has 0 saturated heterocycles. The van der Waals surface area contributed by atoms with E-state index in [0.717, 1.165) is 24.8 Å². The van der Waals surface area contributed by atoms with Crippen LogP contribution in [0.1, 0.15) is 65.2 Å². The van der Waals surface area contributed by atoms with Gasteiger partial charge in [-0.25, -0.2) is 0 Å². The van der Waals surface area contributed by atoms with Crippen molar-refractivity contribution in [2.75, 3.05) is 6.61 Å². The molecular formula is C27H40O5. The highest BCUT2D eigenvalue weighted by atomic mass is 16.5. The van der Waals surface area contributed by atoms with Gasteiger partial charge in [-0.05, 0) is 63.0 Å². The zero-order valence-corrected chi connectivity index (χ0v) is 19.5. The number of esters is 1. The van der Waals surface area contributed by atoms with Gasteiger partial charge in [0.2, 0.25) is 0 Å². The maximum absolute atomic E-state index is 11.5. The van der Waals surface area contributed by atoms with E-state index in [0.29, 0.717) is 38.7 Å². The molecule has 0 amide bonds. The van der Waals surface area contributed by atoms with Crippen LogP contribution in [0.2, 0.25) is 0 Å². The maximum Gasteiger partial charge on any atom is 0.305 e. The van der Waals surface area contributed by atoms with Gasteiger partial charge in [0.05, 0.1) is 24.9 Å². The van der Waals surface area contributed by atoms with Crippen LogP contribution in [0.4, 0.5) is 0 Å². The minimum absolute atomic E-state index is 0.0980. The molecule has 0 heterocycles. The third-order valence-corrected chi connectivity index (χ3v) is 5.64. The molecule has 1 aliphatic rings. The molecule has 5 atom stereocenters. The second kappa shape index (κ2) is 16.5. The van der Waals surface area contributed by atoms with Crippen LogP contribution in [-0.2, 0) is 9.53 Å². The average Bonchev–Trinajstić information content (AvgIpc) is 3.03. The molecule has 1 aliphatic carbocycles. The average molecular weight is 445 g/mol. The summed E-state index contributed by atoms with van der Waals surface area (Å²) in [5.74, 6) is 2.05. The Morgan fingerprint density at radius 3 is 2.72 bits per heavy atom. The molecule has 1 saturated carbocycles. The van der Waals surface area contributed by atoms with Crippen LogP contribution in [0, 0.1) is 24.2 Å². The Labute approximate surface area is 193 Å². The number of hydrogen-bond donors (Lipinski definition) is 3. The van der Waals surface area contributed by atoms with Gasteiger partial charge in [0, 0.05) is 18.8 Å². The summed E-state index contributed by atoms with van der Waals surface area (Å²) < 4.78 is 5.05. The van der Waals surface area contributed by atoms with Gasteiger partial charge < -0.3 is 20.1 Å². The van der Waals surface area contributed by atoms with Crippen LogP contribution in [0.25, 0.3) is 0 Å². The highest BCUT2D eigenvalue weighted by Crippen LogP contribution is 2.36. The van der Waals surface area contributed by atoms with E-state index in [2.05, 4.69) is 5.92 Å². The van der Waals surface area contributed by atoms with Crippen LogP contribution in [-0.4, -0.2) is 46.2 Å². The van der Waals surface area contributed by atoms with Crippen molar-refractivity contribution in [3.8, 4) is 12.3 Å². The van der Waals surface area contributed by atoms with Crippen molar-refractivity contribution in [3.63, 3.8) is 0 Å². The number of hydrogen-bond acceptors (Lipinski definition) is 5. The van der Waals surface area contributed by atoms with Crippen molar-refractivity contribution >= 4 is 5.97 Å². The normalized spacial score (nSPS) is 25.1. The van der Waals surface area contributed by atoms with Gasteiger partial charge in [-0.15, -0.1) is 6.42 Å². The van der Waals surface area contributed by atoms with Crippen molar-refractivity contribution in [2.24, 2.45) is 11.8 Å². The largest absolute Gasteiger partial charge is 0.466 e. The van der Waals surface area contributed by atoms with E-state index in [1.54, 1.807) is 12.2 Å². The summed E-state index contributed by atoms with van der Waals surface area (Å²) in [6, 6.07) is 0. The Hall–Kier alpha value is -2.13. The van der Waals surface area contributed by atoms with Crippen molar-refractivity contribution < 1.29 is 24.9 Å². The van der Waals surface area contributed by atoms with E-state index in [-0.39, 0.29) is 17.8 Å². The van der Waals surface area contributed by atoms with Gasteiger partial charge in [0.15, 0.2) is 0 Å². The monoisotopic (exact) mass is 444 g/mol. The van der Waals surface area contributed by atoms with Gasteiger partial charge in [-0.3, -0.25) is 4.79 Å². The predicted molar refractivity (Wildman–Crippen MR) is 129 cm³/mol. The molecule has 0 bridgehead atoms. The number of carbonyl (C=O) groups is 1. The van der Waals surface area contributed by atoms with Crippen LogP contribution in [0.5, 0.6) is 0 Å². The van der Waals surface area contributed by atoms with Crippen molar-refractivity contribution in [1.29, 1.82) is 0 Å². The topological polar surface area (TPSA) is 87.0 Å². The van der Waals surface area contributed by atoms with E-state index in [4.69, 9.17) is 11.2 Å². The number of unbranched alkanes of at least 4 members (excludes halogenated alkanes) is 1. The summed E-state index contributed by atoms with van der Waals surface area (Å²) in [6.45, 7) is 4.36. The smallest absolute Gasteiger partial charge is 0.305 e. The first-order valence-electron chi connectivity index (χ1n) is 11.7. The number of aliphatic hydroxyl groups is 3. The SMILES string of the molecule is C#C/C=C(\C=C/C)CC[C@H](O)/C=C/[C@@H]1[C@@H](C/C=C\CCCC(=O)OCCC)[C@@H](O)C[C@H]1O. The van der Waals surface area contributed by atoms with E-state index in [9.17, 15) is 20.1 Å². The van der Waals surface area contributed by atoms with Gasteiger partial charge in [-0.1, -0.05) is 49.3 Å². The number of ether oxygens (including phenoxy) is 1. The van der Waals surface area contributed by atoms with Crippen molar-refractivity contribution in [1.82, 2.24) is 0 Å². The minimum Gasteiger partial charge on any atom is -0.466 e. The number of aliphatic hydroxyl groups excluding tert-OH is 3. The van der Waals surface area contributed by atoms with Crippen LogP contribution >= 0.6 is 0 Å². The fraction of sp³-hybridized carbons (Fsp3) is 0.593. The third-order valence-electron chi connectivity index (χ3n) is 5.64. The van der Waals surface area contributed by atoms with Crippen molar-refractivity contribution in [2.45, 2.75) is 83.5 Å². The Balaban J connectivity index is 2.50.